The molecule has 1 saturated heterocycles. The molecule has 2 aromatic rings. The number of aromatic amines is 1. The second-order valence-corrected chi connectivity index (χ2v) is 6.53. The molecule has 0 amide bonds. The number of fused-ring (bicyclic) bond motifs is 1. The van der Waals surface area contributed by atoms with Crippen molar-refractivity contribution in [2.75, 3.05) is 11.5 Å². The van der Waals surface area contributed by atoms with Gasteiger partial charge in [-0.1, -0.05) is 0 Å². The van der Waals surface area contributed by atoms with Gasteiger partial charge in [-0.05, 0) is 6.42 Å². The van der Waals surface area contributed by atoms with E-state index in [0.717, 1.165) is 0 Å². The Balaban J connectivity index is 2.10. The van der Waals surface area contributed by atoms with Gasteiger partial charge in [0.2, 0.25) is 0 Å². The Bertz CT molecular complexity index is 729. The van der Waals surface area contributed by atoms with Crippen molar-refractivity contribution in [2.45, 2.75) is 12.3 Å². The summed E-state index contributed by atoms with van der Waals surface area (Å²) in [5, 5.41) is 6.87. The number of hydrogen-bond acceptors (Lipinski definition) is 4. The lowest BCUT2D eigenvalue weighted by Crippen LogP contribution is -2.08. The fraction of sp³-hybridized carbons (Fsp3) is 0.400. The monoisotopic (exact) mass is 253 g/mol. The van der Waals surface area contributed by atoms with E-state index in [2.05, 4.69) is 10.2 Å². The molecule has 1 fully saturated rings. The van der Waals surface area contributed by atoms with Crippen LogP contribution in [-0.4, -0.2) is 34.5 Å². The van der Waals surface area contributed by atoms with Gasteiger partial charge in [-0.15, -0.1) is 0 Å². The fourth-order valence-electron chi connectivity index (χ4n) is 2.22. The summed E-state index contributed by atoms with van der Waals surface area (Å²) in [6.45, 7) is 0. The lowest BCUT2D eigenvalue weighted by Gasteiger charge is -2.04. The van der Waals surface area contributed by atoms with Crippen LogP contribution < -0.4 is 5.43 Å². The summed E-state index contributed by atoms with van der Waals surface area (Å²) in [5.41, 5.74) is 0.496. The van der Waals surface area contributed by atoms with E-state index in [1.807, 2.05) is 0 Å². The number of H-pyrrole nitrogens is 1. The van der Waals surface area contributed by atoms with Crippen LogP contribution in [0.5, 0.6) is 0 Å². The highest BCUT2D eigenvalue weighted by Gasteiger charge is 2.31. The third-order valence-corrected chi connectivity index (χ3v) is 4.82. The van der Waals surface area contributed by atoms with Gasteiger partial charge in [0.15, 0.2) is 15.3 Å². The van der Waals surface area contributed by atoms with Crippen LogP contribution in [0.15, 0.2) is 23.1 Å². The van der Waals surface area contributed by atoms with Crippen LogP contribution in [0.3, 0.4) is 0 Å². The molecule has 1 aliphatic heterocycles. The Labute approximate surface area is 97.2 Å². The van der Waals surface area contributed by atoms with Gasteiger partial charge >= 0.3 is 0 Å². The van der Waals surface area contributed by atoms with Gasteiger partial charge in [-0.3, -0.25) is 14.3 Å². The molecule has 0 aliphatic carbocycles. The molecule has 0 bridgehead atoms. The Morgan fingerprint density at radius 3 is 3.00 bits per heavy atom. The first-order valence-corrected chi connectivity index (χ1v) is 7.14. The fourth-order valence-corrected chi connectivity index (χ4v) is 3.96. The highest BCUT2D eigenvalue weighted by molar-refractivity contribution is 7.91. The number of nitrogens with one attached hydrogen (secondary N) is 1. The first-order chi connectivity index (χ1) is 8.05. The van der Waals surface area contributed by atoms with Crippen molar-refractivity contribution in [1.82, 2.24) is 14.6 Å². The first kappa shape index (κ1) is 10.5. The lowest BCUT2D eigenvalue weighted by molar-refractivity contribution is 0.601. The van der Waals surface area contributed by atoms with E-state index in [-0.39, 0.29) is 22.9 Å². The predicted molar refractivity (Wildman–Crippen MR) is 61.8 cm³/mol. The number of aromatic nitrogens is 3. The normalized spacial score (nSPS) is 23.2. The summed E-state index contributed by atoms with van der Waals surface area (Å²) < 4.78 is 24.6. The Hall–Kier alpha value is -1.63. The Kier molecular flexibility index (Phi) is 2.12. The summed E-state index contributed by atoms with van der Waals surface area (Å²) in [6, 6.07) is 2.88. The smallest absolute Gasteiger partial charge is 0.183 e. The number of hydrogen-bond donors (Lipinski definition) is 1. The third-order valence-electron chi connectivity index (χ3n) is 3.06. The van der Waals surface area contributed by atoms with Crippen molar-refractivity contribution in [3.05, 3.63) is 34.4 Å². The summed E-state index contributed by atoms with van der Waals surface area (Å²) in [5.74, 6) is 0.947. The minimum atomic E-state index is -2.93. The SMILES string of the molecule is O=c1ccn2c(C3CCS(=O)(=O)C3)n[nH]c2c1. The maximum absolute atomic E-state index is 11.4. The van der Waals surface area contributed by atoms with Crippen LogP contribution in [0.2, 0.25) is 0 Å². The molecular weight excluding hydrogens is 242 g/mol. The van der Waals surface area contributed by atoms with Crippen molar-refractivity contribution < 1.29 is 8.42 Å². The van der Waals surface area contributed by atoms with Gasteiger partial charge in [0, 0.05) is 24.2 Å². The van der Waals surface area contributed by atoms with Crippen molar-refractivity contribution >= 4 is 15.5 Å². The zero-order valence-corrected chi connectivity index (χ0v) is 9.77. The quantitative estimate of drug-likeness (QED) is 0.770. The van der Waals surface area contributed by atoms with Crippen LogP contribution in [0.4, 0.5) is 0 Å². The second kappa shape index (κ2) is 3.43. The van der Waals surface area contributed by atoms with E-state index in [1.165, 1.54) is 12.1 Å². The van der Waals surface area contributed by atoms with Crippen molar-refractivity contribution in [3.63, 3.8) is 0 Å². The van der Waals surface area contributed by atoms with Crippen molar-refractivity contribution in [1.29, 1.82) is 0 Å². The molecule has 6 nitrogen and oxygen atoms in total. The maximum atomic E-state index is 11.4. The molecule has 17 heavy (non-hydrogen) atoms. The van der Waals surface area contributed by atoms with Gasteiger partial charge in [-0.25, -0.2) is 8.42 Å². The lowest BCUT2D eigenvalue weighted by atomic mass is 10.1. The predicted octanol–water partition coefficient (Wildman–Crippen LogP) is -0.0753. The topological polar surface area (TPSA) is 84.3 Å². The second-order valence-electron chi connectivity index (χ2n) is 4.30. The van der Waals surface area contributed by atoms with E-state index in [0.29, 0.717) is 17.9 Å². The average Bonchev–Trinajstić information content (AvgIpc) is 2.80. The molecule has 0 saturated carbocycles. The third kappa shape index (κ3) is 1.76. The van der Waals surface area contributed by atoms with Gasteiger partial charge < -0.3 is 0 Å². The zero-order valence-electron chi connectivity index (χ0n) is 8.96. The van der Waals surface area contributed by atoms with E-state index < -0.39 is 9.84 Å². The van der Waals surface area contributed by atoms with Crippen LogP contribution in [0.25, 0.3) is 5.65 Å². The van der Waals surface area contributed by atoms with E-state index >= 15 is 0 Å². The molecule has 90 valence electrons. The Morgan fingerprint density at radius 2 is 2.29 bits per heavy atom. The maximum Gasteiger partial charge on any atom is 0.183 e. The minimum Gasteiger partial charge on any atom is -0.290 e. The molecule has 1 N–H and O–H groups in total. The summed E-state index contributed by atoms with van der Waals surface area (Å²) in [7, 11) is -2.93. The van der Waals surface area contributed by atoms with Gasteiger partial charge in [-0.2, -0.15) is 5.10 Å². The standard InChI is InChI=1S/C10H11N3O3S/c14-8-1-3-13-9(5-8)11-12-10(13)7-2-4-17(15,16)6-7/h1,3,5,7,11H,2,4,6H2. The van der Waals surface area contributed by atoms with Crippen molar-refractivity contribution in [3.8, 4) is 0 Å². The zero-order chi connectivity index (χ0) is 12.0. The average molecular weight is 253 g/mol. The number of pyridine rings is 1. The van der Waals surface area contributed by atoms with Gasteiger partial charge in [0.25, 0.3) is 0 Å². The molecule has 0 aromatic carbocycles. The molecule has 3 rings (SSSR count). The number of rotatable bonds is 1. The van der Waals surface area contributed by atoms with E-state index in [9.17, 15) is 13.2 Å². The number of sulfone groups is 1. The van der Waals surface area contributed by atoms with Crippen LogP contribution in [0, 0.1) is 0 Å². The highest BCUT2D eigenvalue weighted by Crippen LogP contribution is 2.27. The van der Waals surface area contributed by atoms with Gasteiger partial charge in [0.05, 0.1) is 11.5 Å². The molecule has 1 unspecified atom stereocenters. The molecule has 0 spiro atoms. The summed E-state index contributed by atoms with van der Waals surface area (Å²) >= 11 is 0. The molecule has 1 aliphatic rings. The minimum absolute atomic E-state index is 0.0868. The van der Waals surface area contributed by atoms with Crippen LogP contribution in [0.1, 0.15) is 18.2 Å². The summed E-state index contributed by atoms with van der Waals surface area (Å²) in [4.78, 5) is 11.2. The molecule has 0 radical (unpaired) electrons. The van der Waals surface area contributed by atoms with E-state index in [1.54, 1.807) is 10.6 Å². The number of nitrogens with zero attached hydrogens (tertiary/aromatic N) is 2. The van der Waals surface area contributed by atoms with E-state index in [4.69, 9.17) is 0 Å². The largest absolute Gasteiger partial charge is 0.290 e. The van der Waals surface area contributed by atoms with Gasteiger partial charge in [0.1, 0.15) is 11.5 Å². The van der Waals surface area contributed by atoms with Crippen LogP contribution >= 0.6 is 0 Å². The molecule has 2 aromatic heterocycles. The van der Waals surface area contributed by atoms with Crippen LogP contribution in [-0.2, 0) is 9.84 Å². The molecule has 1 atom stereocenters. The molecule has 7 heteroatoms. The summed E-state index contributed by atoms with van der Waals surface area (Å²) in [6.07, 6.45) is 2.22. The molecule has 3 heterocycles. The highest BCUT2D eigenvalue weighted by atomic mass is 32.2. The molecular formula is C10H11N3O3S. The first-order valence-electron chi connectivity index (χ1n) is 5.32. The Morgan fingerprint density at radius 1 is 1.47 bits per heavy atom. The van der Waals surface area contributed by atoms with Crippen molar-refractivity contribution in [2.24, 2.45) is 0 Å².